The van der Waals surface area contributed by atoms with Crippen molar-refractivity contribution in [2.45, 2.75) is 6.54 Å². The Labute approximate surface area is 123 Å². The lowest BCUT2D eigenvalue weighted by atomic mass is 10.1. The standard InChI is InChI=1S/C16H16N4O/c1-21-15-10-6-5-9-13(15)17-11-14-16(19-20-18-14)12-7-3-2-4-8-12/h2-10,17H,11H2,1H3,(H,18,19,20). The molecule has 0 saturated carbocycles. The molecule has 5 heteroatoms. The Morgan fingerprint density at radius 1 is 1.00 bits per heavy atom. The summed E-state index contributed by atoms with van der Waals surface area (Å²) in [6.07, 6.45) is 0. The van der Waals surface area contributed by atoms with Crippen molar-refractivity contribution in [1.82, 2.24) is 15.4 Å². The van der Waals surface area contributed by atoms with E-state index in [0.29, 0.717) is 6.54 Å². The first kappa shape index (κ1) is 13.2. The van der Waals surface area contributed by atoms with Crippen LogP contribution in [0.3, 0.4) is 0 Å². The number of benzene rings is 2. The van der Waals surface area contributed by atoms with Gasteiger partial charge < -0.3 is 10.1 Å². The number of hydrogen-bond acceptors (Lipinski definition) is 4. The molecule has 0 aliphatic heterocycles. The molecule has 106 valence electrons. The highest BCUT2D eigenvalue weighted by atomic mass is 16.5. The molecule has 1 aromatic heterocycles. The van der Waals surface area contributed by atoms with Gasteiger partial charge in [0.15, 0.2) is 0 Å². The number of anilines is 1. The minimum absolute atomic E-state index is 0.571. The van der Waals surface area contributed by atoms with Crippen LogP contribution in [0.1, 0.15) is 5.69 Å². The normalized spacial score (nSPS) is 10.3. The molecule has 0 fully saturated rings. The van der Waals surface area contributed by atoms with Gasteiger partial charge in [-0.1, -0.05) is 42.5 Å². The molecule has 0 spiro atoms. The number of nitrogens with zero attached hydrogens (tertiary/aromatic N) is 2. The van der Waals surface area contributed by atoms with E-state index in [1.165, 1.54) is 0 Å². The van der Waals surface area contributed by atoms with Crippen LogP contribution in [-0.2, 0) is 6.54 Å². The first-order valence-electron chi connectivity index (χ1n) is 6.70. The summed E-state index contributed by atoms with van der Waals surface area (Å²) >= 11 is 0. The number of aromatic amines is 1. The second-order valence-corrected chi connectivity index (χ2v) is 4.54. The van der Waals surface area contributed by atoms with Crippen molar-refractivity contribution in [3.8, 4) is 17.0 Å². The zero-order valence-corrected chi connectivity index (χ0v) is 11.7. The highest BCUT2D eigenvalue weighted by molar-refractivity contribution is 5.62. The third kappa shape index (κ3) is 2.86. The zero-order valence-electron chi connectivity index (χ0n) is 11.7. The van der Waals surface area contributed by atoms with Crippen molar-refractivity contribution in [2.75, 3.05) is 12.4 Å². The van der Waals surface area contributed by atoms with E-state index < -0.39 is 0 Å². The minimum atomic E-state index is 0.571. The van der Waals surface area contributed by atoms with Gasteiger partial charge in [-0.05, 0) is 12.1 Å². The number of methoxy groups -OCH3 is 1. The number of aromatic nitrogens is 3. The average molecular weight is 280 g/mol. The average Bonchev–Trinajstić information content (AvgIpc) is 3.02. The maximum atomic E-state index is 5.32. The number of H-pyrrole nitrogens is 1. The summed E-state index contributed by atoms with van der Waals surface area (Å²) in [5, 5.41) is 14.5. The van der Waals surface area contributed by atoms with Crippen LogP contribution in [0.2, 0.25) is 0 Å². The third-order valence-corrected chi connectivity index (χ3v) is 3.22. The number of hydrogen-bond donors (Lipinski definition) is 2. The van der Waals surface area contributed by atoms with Crippen LogP contribution in [0.25, 0.3) is 11.3 Å². The molecule has 0 saturated heterocycles. The summed E-state index contributed by atoms with van der Waals surface area (Å²) in [5.74, 6) is 0.808. The fourth-order valence-corrected chi connectivity index (χ4v) is 2.17. The fourth-order valence-electron chi connectivity index (χ4n) is 2.17. The molecular formula is C16H16N4O. The largest absolute Gasteiger partial charge is 0.495 e. The molecule has 0 aliphatic carbocycles. The Hall–Kier alpha value is -2.82. The molecule has 21 heavy (non-hydrogen) atoms. The quantitative estimate of drug-likeness (QED) is 0.754. The number of ether oxygens (including phenoxy) is 1. The molecule has 0 radical (unpaired) electrons. The monoisotopic (exact) mass is 280 g/mol. The van der Waals surface area contributed by atoms with Gasteiger partial charge >= 0.3 is 0 Å². The molecule has 0 amide bonds. The smallest absolute Gasteiger partial charge is 0.141 e. The van der Waals surface area contributed by atoms with Gasteiger partial charge in [-0.3, -0.25) is 0 Å². The Morgan fingerprint density at radius 3 is 2.57 bits per heavy atom. The molecule has 0 unspecified atom stereocenters. The Morgan fingerprint density at radius 2 is 1.76 bits per heavy atom. The van der Waals surface area contributed by atoms with Gasteiger partial charge in [0.1, 0.15) is 17.1 Å². The number of nitrogens with one attached hydrogen (secondary N) is 2. The molecule has 1 heterocycles. The number of rotatable bonds is 5. The first-order chi connectivity index (χ1) is 10.4. The Bertz CT molecular complexity index is 709. The maximum absolute atomic E-state index is 5.32. The highest BCUT2D eigenvalue weighted by Crippen LogP contribution is 2.25. The van der Waals surface area contributed by atoms with Gasteiger partial charge in [-0.15, -0.1) is 0 Å². The second kappa shape index (κ2) is 6.09. The summed E-state index contributed by atoms with van der Waals surface area (Å²) in [5.41, 5.74) is 3.70. The van der Waals surface area contributed by atoms with Crippen molar-refractivity contribution < 1.29 is 4.74 Å². The predicted molar refractivity (Wildman–Crippen MR) is 82.1 cm³/mol. The van der Waals surface area contributed by atoms with Crippen molar-refractivity contribution >= 4 is 5.69 Å². The maximum Gasteiger partial charge on any atom is 0.141 e. The predicted octanol–water partition coefficient (Wildman–Crippen LogP) is 3.09. The van der Waals surface area contributed by atoms with Crippen molar-refractivity contribution in [2.24, 2.45) is 0 Å². The molecule has 3 aromatic rings. The van der Waals surface area contributed by atoms with Gasteiger partial charge in [0.25, 0.3) is 0 Å². The van der Waals surface area contributed by atoms with E-state index in [4.69, 9.17) is 4.74 Å². The molecule has 3 rings (SSSR count). The van der Waals surface area contributed by atoms with Crippen LogP contribution in [0.5, 0.6) is 5.75 Å². The second-order valence-electron chi connectivity index (χ2n) is 4.54. The Kier molecular flexibility index (Phi) is 3.82. The van der Waals surface area contributed by atoms with Gasteiger partial charge in [0, 0.05) is 5.56 Å². The van der Waals surface area contributed by atoms with E-state index in [0.717, 1.165) is 28.4 Å². The lowest BCUT2D eigenvalue weighted by Gasteiger charge is -2.10. The van der Waals surface area contributed by atoms with Crippen LogP contribution in [0.15, 0.2) is 54.6 Å². The van der Waals surface area contributed by atoms with Crippen molar-refractivity contribution in [3.63, 3.8) is 0 Å². The van der Waals surface area contributed by atoms with Crippen LogP contribution < -0.4 is 10.1 Å². The van der Waals surface area contributed by atoms with E-state index in [-0.39, 0.29) is 0 Å². The van der Waals surface area contributed by atoms with Crippen molar-refractivity contribution in [3.05, 3.63) is 60.3 Å². The summed E-state index contributed by atoms with van der Waals surface area (Å²) in [7, 11) is 1.66. The zero-order chi connectivity index (χ0) is 14.5. The summed E-state index contributed by atoms with van der Waals surface area (Å²) in [6.45, 7) is 0.571. The highest BCUT2D eigenvalue weighted by Gasteiger charge is 2.10. The van der Waals surface area contributed by atoms with E-state index in [1.54, 1.807) is 7.11 Å². The SMILES string of the molecule is COc1ccccc1NCc1n[nH]nc1-c1ccccc1. The summed E-state index contributed by atoms with van der Waals surface area (Å²) in [4.78, 5) is 0. The molecule has 2 aromatic carbocycles. The van der Waals surface area contributed by atoms with E-state index in [2.05, 4.69) is 20.7 Å². The van der Waals surface area contributed by atoms with E-state index in [9.17, 15) is 0 Å². The van der Waals surface area contributed by atoms with Crippen molar-refractivity contribution in [1.29, 1.82) is 0 Å². The minimum Gasteiger partial charge on any atom is -0.495 e. The lowest BCUT2D eigenvalue weighted by molar-refractivity contribution is 0.416. The molecule has 0 bridgehead atoms. The van der Waals surface area contributed by atoms with Crippen LogP contribution >= 0.6 is 0 Å². The van der Waals surface area contributed by atoms with Crippen LogP contribution in [0, 0.1) is 0 Å². The van der Waals surface area contributed by atoms with E-state index in [1.807, 2.05) is 54.6 Å². The fraction of sp³-hybridized carbons (Fsp3) is 0.125. The molecule has 0 aliphatic rings. The van der Waals surface area contributed by atoms with Crippen LogP contribution in [0.4, 0.5) is 5.69 Å². The van der Waals surface area contributed by atoms with Crippen LogP contribution in [-0.4, -0.2) is 22.5 Å². The van der Waals surface area contributed by atoms with Gasteiger partial charge in [0.05, 0.1) is 19.3 Å². The number of para-hydroxylation sites is 2. The van der Waals surface area contributed by atoms with Gasteiger partial charge in [-0.2, -0.15) is 15.4 Å². The third-order valence-electron chi connectivity index (χ3n) is 3.22. The molecule has 5 nitrogen and oxygen atoms in total. The van der Waals surface area contributed by atoms with Gasteiger partial charge in [-0.25, -0.2) is 0 Å². The van der Waals surface area contributed by atoms with Gasteiger partial charge in [0.2, 0.25) is 0 Å². The lowest BCUT2D eigenvalue weighted by Crippen LogP contribution is -2.03. The Balaban J connectivity index is 1.79. The van der Waals surface area contributed by atoms with E-state index >= 15 is 0 Å². The molecular weight excluding hydrogens is 264 g/mol. The summed E-state index contributed by atoms with van der Waals surface area (Å²) in [6, 6.07) is 17.8. The topological polar surface area (TPSA) is 62.8 Å². The first-order valence-corrected chi connectivity index (χ1v) is 6.70. The summed E-state index contributed by atoms with van der Waals surface area (Å²) < 4.78 is 5.32. The molecule has 0 atom stereocenters. The molecule has 2 N–H and O–H groups in total.